The third-order valence-electron chi connectivity index (χ3n) is 9.77. The summed E-state index contributed by atoms with van der Waals surface area (Å²) in [6.45, 7) is 7.35. The van der Waals surface area contributed by atoms with E-state index in [1.54, 1.807) is 12.4 Å². The highest BCUT2D eigenvalue weighted by molar-refractivity contribution is 5.94. The van der Waals surface area contributed by atoms with E-state index in [-0.39, 0.29) is 5.78 Å². The number of nitrogens with zero attached hydrogens (tertiary/aromatic N) is 5. The summed E-state index contributed by atoms with van der Waals surface area (Å²) in [6, 6.07) is 16.4. The maximum Gasteiger partial charge on any atom is 0.155 e. The first kappa shape index (κ1) is 31.8. The number of benzene rings is 3. The molecule has 2 aliphatic rings. The minimum atomic E-state index is 0.244. The first-order valence-corrected chi connectivity index (χ1v) is 17.2. The van der Waals surface area contributed by atoms with E-state index in [0.717, 1.165) is 101 Å². The van der Waals surface area contributed by atoms with E-state index >= 15 is 0 Å². The van der Waals surface area contributed by atoms with Crippen molar-refractivity contribution in [3.8, 4) is 11.5 Å². The van der Waals surface area contributed by atoms with Crippen LogP contribution < -0.4 is 15.0 Å². The number of hydrogen-bond acceptors (Lipinski definition) is 8. The molecule has 9 nitrogen and oxygen atoms in total. The van der Waals surface area contributed by atoms with Crippen LogP contribution in [0.15, 0.2) is 73.3 Å². The number of carbonyl (C=O) groups excluding carboxylic acids is 1. The molecule has 248 valence electrons. The second kappa shape index (κ2) is 14.2. The maximum absolute atomic E-state index is 12.5. The Morgan fingerprint density at radius 2 is 2.02 bits per heavy atom. The molecule has 2 aromatic heterocycles. The van der Waals surface area contributed by atoms with Crippen molar-refractivity contribution in [2.45, 2.75) is 59.0 Å². The molecule has 3 aromatic carbocycles. The number of nitrogens with one attached hydrogen (secondary N) is 1. The number of hydrogen-bond donors (Lipinski definition) is 1. The Labute approximate surface area is 282 Å². The predicted molar refractivity (Wildman–Crippen MR) is 191 cm³/mol. The molecule has 1 fully saturated rings. The average molecular weight is 645 g/mol. The number of carbonyl (C=O) groups is 1. The topological polar surface area (TPSA) is 94.4 Å². The number of ether oxygens (including phenoxy) is 2. The van der Waals surface area contributed by atoms with Crippen LogP contribution in [0.5, 0.6) is 11.5 Å². The van der Waals surface area contributed by atoms with Gasteiger partial charge in [0.05, 0.1) is 36.1 Å². The summed E-state index contributed by atoms with van der Waals surface area (Å²) in [5.41, 5.74) is 7.12. The summed E-state index contributed by atoms with van der Waals surface area (Å²) < 4.78 is 14.6. The van der Waals surface area contributed by atoms with E-state index in [2.05, 4.69) is 50.3 Å². The van der Waals surface area contributed by atoms with Crippen molar-refractivity contribution in [2.24, 2.45) is 18.9 Å². The molecule has 2 aliphatic heterocycles. The maximum atomic E-state index is 12.5. The number of aromatic nitrogens is 4. The molecule has 1 N–H and O–H groups in total. The first-order valence-electron chi connectivity index (χ1n) is 17.2. The van der Waals surface area contributed by atoms with Gasteiger partial charge in [0.25, 0.3) is 0 Å². The number of fused-ring (bicyclic) bond motifs is 6. The minimum Gasteiger partial charge on any atom is -0.457 e. The highest BCUT2D eigenvalue weighted by Crippen LogP contribution is 2.38. The number of anilines is 3. The normalized spacial score (nSPS) is 18.0. The average Bonchev–Trinajstić information content (AvgIpc) is 3.30. The first-order chi connectivity index (χ1) is 23.4. The monoisotopic (exact) mass is 644 g/mol. The molecule has 2 atom stereocenters. The van der Waals surface area contributed by atoms with Crippen LogP contribution >= 0.6 is 0 Å². The van der Waals surface area contributed by atoms with Crippen molar-refractivity contribution in [1.82, 2.24) is 19.5 Å². The fourth-order valence-electron chi connectivity index (χ4n) is 7.13. The van der Waals surface area contributed by atoms with Crippen LogP contribution in [0.1, 0.15) is 56.6 Å². The molecule has 4 heterocycles. The molecule has 1 saturated heterocycles. The molecule has 5 aromatic rings. The van der Waals surface area contributed by atoms with Gasteiger partial charge in [-0.3, -0.25) is 4.79 Å². The van der Waals surface area contributed by atoms with Gasteiger partial charge < -0.3 is 24.3 Å². The van der Waals surface area contributed by atoms with Crippen LogP contribution in [-0.4, -0.2) is 45.0 Å². The van der Waals surface area contributed by atoms with Gasteiger partial charge >= 0.3 is 0 Å². The van der Waals surface area contributed by atoms with Crippen LogP contribution in [0.4, 0.5) is 17.2 Å². The molecule has 2 unspecified atom stereocenters. The molecule has 0 saturated carbocycles. The third kappa shape index (κ3) is 6.92. The van der Waals surface area contributed by atoms with Gasteiger partial charge in [-0.25, -0.2) is 15.0 Å². The standard InChI is InChI=1S/C39H44N6O3/c1-4-5-6-9-31(46)12-10-27-8-7-16-45-21-29(27)23-47-22-28-18-34-33(20-37(28)45)39(41-24-40-34)43-30-11-15-38(26(2)17-30)48-32-13-14-36-35(19-32)42-25-44(36)3/h6,9,11,13-15,17-20,24-25,27,29H,4-5,7-8,10,12,16,21-23H2,1-3H3,(H,40,41,43)/b9-6+. The van der Waals surface area contributed by atoms with Crippen LogP contribution in [0.3, 0.4) is 0 Å². The van der Waals surface area contributed by atoms with Crippen molar-refractivity contribution >= 4 is 44.9 Å². The van der Waals surface area contributed by atoms with Crippen LogP contribution in [0.2, 0.25) is 0 Å². The van der Waals surface area contributed by atoms with Crippen molar-refractivity contribution in [3.05, 3.63) is 84.5 Å². The lowest BCUT2D eigenvalue weighted by Gasteiger charge is -2.33. The molecule has 0 aliphatic carbocycles. The van der Waals surface area contributed by atoms with Gasteiger partial charge in [-0.05, 0) is 92.6 Å². The summed E-state index contributed by atoms with van der Waals surface area (Å²) in [7, 11) is 1.98. The Hall–Kier alpha value is -4.76. The van der Waals surface area contributed by atoms with Crippen molar-refractivity contribution in [3.63, 3.8) is 0 Å². The van der Waals surface area contributed by atoms with Crippen molar-refractivity contribution in [1.29, 1.82) is 0 Å². The zero-order valence-corrected chi connectivity index (χ0v) is 28.1. The molecule has 48 heavy (non-hydrogen) atoms. The number of aryl methyl sites for hydroxylation is 2. The van der Waals surface area contributed by atoms with Crippen molar-refractivity contribution < 1.29 is 14.3 Å². The fourth-order valence-corrected chi connectivity index (χ4v) is 7.13. The second-order valence-electron chi connectivity index (χ2n) is 13.3. The van der Waals surface area contributed by atoms with Gasteiger partial charge in [-0.1, -0.05) is 19.4 Å². The van der Waals surface area contributed by atoms with E-state index in [4.69, 9.17) is 9.47 Å². The molecule has 9 heteroatoms. The number of imidazole rings is 1. The van der Waals surface area contributed by atoms with E-state index in [1.165, 1.54) is 5.69 Å². The van der Waals surface area contributed by atoms with Crippen LogP contribution in [-0.2, 0) is 23.2 Å². The van der Waals surface area contributed by atoms with E-state index in [1.807, 2.05) is 61.3 Å². The number of rotatable bonds is 10. The largest absolute Gasteiger partial charge is 0.457 e. The number of unbranched alkanes of at least 4 members (excludes halogenated alkanes) is 1. The van der Waals surface area contributed by atoms with Gasteiger partial charge in [0.1, 0.15) is 23.6 Å². The minimum absolute atomic E-state index is 0.244. The van der Waals surface area contributed by atoms with Crippen molar-refractivity contribution in [2.75, 3.05) is 29.9 Å². The van der Waals surface area contributed by atoms with Gasteiger partial charge in [0.15, 0.2) is 5.78 Å². The molecule has 0 radical (unpaired) electrons. The Morgan fingerprint density at radius 3 is 2.90 bits per heavy atom. The Morgan fingerprint density at radius 1 is 1.10 bits per heavy atom. The predicted octanol–water partition coefficient (Wildman–Crippen LogP) is 8.43. The Balaban J connectivity index is 1.09. The summed E-state index contributed by atoms with van der Waals surface area (Å²) in [5.74, 6) is 3.42. The smallest absolute Gasteiger partial charge is 0.155 e. The lowest BCUT2D eigenvalue weighted by atomic mass is 9.85. The fraction of sp³-hybridized carbons (Fsp3) is 0.385. The van der Waals surface area contributed by atoms with Crippen LogP contribution in [0, 0.1) is 18.8 Å². The SMILES string of the molecule is CCC/C=C/C(=O)CCC1CCCN2CC1COCc1cc3ncnc(Nc4ccc(Oc5ccc6c(c5)ncn6C)c(C)c4)c3cc12. The number of ketones is 1. The second-order valence-corrected chi connectivity index (χ2v) is 13.3. The lowest BCUT2D eigenvalue weighted by Crippen LogP contribution is -2.35. The van der Waals surface area contributed by atoms with Gasteiger partial charge in [-0.2, -0.15) is 0 Å². The molecule has 2 bridgehead atoms. The summed E-state index contributed by atoms with van der Waals surface area (Å²) >= 11 is 0. The van der Waals surface area contributed by atoms with Gasteiger partial charge in [0, 0.05) is 60.9 Å². The zero-order chi connectivity index (χ0) is 33.0. The quantitative estimate of drug-likeness (QED) is 0.151. The van der Waals surface area contributed by atoms with Gasteiger partial charge in [-0.15, -0.1) is 0 Å². The van der Waals surface area contributed by atoms with Gasteiger partial charge in [0.2, 0.25) is 0 Å². The summed E-state index contributed by atoms with van der Waals surface area (Å²) in [4.78, 5) is 28.8. The highest BCUT2D eigenvalue weighted by atomic mass is 16.5. The van der Waals surface area contributed by atoms with Crippen LogP contribution in [0.25, 0.3) is 21.9 Å². The molecular weight excluding hydrogens is 600 g/mol. The molecule has 0 amide bonds. The lowest BCUT2D eigenvalue weighted by molar-refractivity contribution is -0.115. The summed E-state index contributed by atoms with van der Waals surface area (Å²) in [6.07, 6.45) is 13.0. The third-order valence-corrected chi connectivity index (χ3v) is 9.77. The van der Waals surface area contributed by atoms with E-state index in [0.29, 0.717) is 31.5 Å². The Bertz CT molecular complexity index is 1970. The molecule has 7 rings (SSSR count). The Kier molecular flexibility index (Phi) is 9.38. The van der Waals surface area contributed by atoms with E-state index < -0.39 is 0 Å². The number of allylic oxidation sites excluding steroid dienone is 2. The molecular formula is C39H44N6O3. The zero-order valence-electron chi connectivity index (χ0n) is 28.1. The summed E-state index contributed by atoms with van der Waals surface area (Å²) in [5, 5.41) is 4.53. The highest BCUT2D eigenvalue weighted by Gasteiger charge is 2.30. The van der Waals surface area contributed by atoms with E-state index in [9.17, 15) is 4.79 Å². The molecule has 0 spiro atoms.